The summed E-state index contributed by atoms with van der Waals surface area (Å²) in [5.74, 6) is -2.07. The van der Waals surface area contributed by atoms with Gasteiger partial charge in [0.15, 0.2) is 5.78 Å². The summed E-state index contributed by atoms with van der Waals surface area (Å²) in [6.45, 7) is 1.08. The average molecular weight is 183 g/mol. The van der Waals surface area contributed by atoms with E-state index in [1.807, 2.05) is 0 Å². The van der Waals surface area contributed by atoms with Crippen LogP contribution >= 0.6 is 23.2 Å². The van der Waals surface area contributed by atoms with Gasteiger partial charge < -0.3 is 5.11 Å². The van der Waals surface area contributed by atoms with Crippen LogP contribution in [0.2, 0.25) is 0 Å². The Bertz CT molecular complexity index is 187. The van der Waals surface area contributed by atoms with Crippen molar-refractivity contribution in [1.82, 2.24) is 0 Å². The second kappa shape index (κ2) is 3.58. The molecule has 0 aliphatic carbocycles. The monoisotopic (exact) mass is 182 g/mol. The standard InChI is InChI=1S/C5H4Cl2O3/c1-2(8)3(4(6)7)5(9)10/h1H3,(H,9,10). The van der Waals surface area contributed by atoms with Crippen LogP contribution in [0.3, 0.4) is 0 Å². The number of carboxylic acid groups (broad SMARTS) is 1. The van der Waals surface area contributed by atoms with E-state index in [0.717, 1.165) is 6.92 Å². The molecule has 1 N–H and O–H groups in total. The van der Waals surface area contributed by atoms with E-state index < -0.39 is 21.8 Å². The van der Waals surface area contributed by atoms with Gasteiger partial charge in [0.1, 0.15) is 10.1 Å². The predicted octanol–water partition coefficient (Wildman–Crippen LogP) is 1.35. The van der Waals surface area contributed by atoms with Crippen molar-refractivity contribution in [2.75, 3.05) is 0 Å². The predicted molar refractivity (Wildman–Crippen MR) is 37.0 cm³/mol. The molecule has 0 aliphatic heterocycles. The lowest BCUT2D eigenvalue weighted by molar-refractivity contribution is -0.134. The first-order chi connectivity index (χ1) is 4.46. The Kier molecular flexibility index (Phi) is 3.39. The molecule has 3 nitrogen and oxygen atoms in total. The maximum Gasteiger partial charge on any atom is 0.341 e. The fraction of sp³-hybridized carbons (Fsp3) is 0.200. The molecule has 0 atom stereocenters. The lowest BCUT2D eigenvalue weighted by Gasteiger charge is -1.93. The van der Waals surface area contributed by atoms with Crippen molar-refractivity contribution in [2.45, 2.75) is 6.92 Å². The molecule has 0 aliphatic rings. The van der Waals surface area contributed by atoms with Crippen molar-refractivity contribution >= 4 is 35.0 Å². The van der Waals surface area contributed by atoms with E-state index >= 15 is 0 Å². The molecule has 56 valence electrons. The van der Waals surface area contributed by atoms with Gasteiger partial charge in [-0.25, -0.2) is 4.79 Å². The van der Waals surface area contributed by atoms with Gasteiger partial charge in [-0.15, -0.1) is 0 Å². The third-order valence-corrected chi connectivity index (χ3v) is 1.13. The minimum absolute atomic E-state index is 0.514. The number of halogens is 2. The van der Waals surface area contributed by atoms with E-state index in [2.05, 4.69) is 0 Å². The topological polar surface area (TPSA) is 54.4 Å². The zero-order chi connectivity index (χ0) is 8.31. The fourth-order valence-electron chi connectivity index (χ4n) is 0.364. The zero-order valence-electron chi connectivity index (χ0n) is 5.02. The molecule has 0 saturated heterocycles. The number of carbonyl (C=O) groups is 2. The molecule has 0 aromatic carbocycles. The number of rotatable bonds is 2. The van der Waals surface area contributed by atoms with E-state index in [1.54, 1.807) is 0 Å². The Morgan fingerprint density at radius 2 is 1.70 bits per heavy atom. The summed E-state index contributed by atoms with van der Waals surface area (Å²) < 4.78 is -0.514. The molecule has 0 radical (unpaired) electrons. The number of hydrogen-bond acceptors (Lipinski definition) is 2. The Labute approximate surface area is 67.2 Å². The van der Waals surface area contributed by atoms with Crippen molar-refractivity contribution in [3.05, 3.63) is 10.1 Å². The van der Waals surface area contributed by atoms with E-state index in [9.17, 15) is 9.59 Å². The third-order valence-electron chi connectivity index (χ3n) is 0.755. The molecule has 0 saturated carbocycles. The van der Waals surface area contributed by atoms with Crippen molar-refractivity contribution in [3.63, 3.8) is 0 Å². The van der Waals surface area contributed by atoms with Crippen LogP contribution in [-0.4, -0.2) is 16.9 Å². The van der Waals surface area contributed by atoms with Crippen molar-refractivity contribution in [1.29, 1.82) is 0 Å². The second-order valence-electron chi connectivity index (χ2n) is 1.50. The molecule has 0 rings (SSSR count). The maximum absolute atomic E-state index is 10.4. The number of carboxylic acids is 1. The molecule has 0 spiro atoms. The number of Topliss-reactive ketones (excluding diaryl/α,β-unsaturated/α-hetero) is 1. The van der Waals surface area contributed by atoms with Gasteiger partial charge in [-0.2, -0.15) is 0 Å². The molecule has 10 heavy (non-hydrogen) atoms. The van der Waals surface area contributed by atoms with Gasteiger partial charge in [-0.1, -0.05) is 23.2 Å². The summed E-state index contributed by atoms with van der Waals surface area (Å²) >= 11 is 10.2. The van der Waals surface area contributed by atoms with Crippen molar-refractivity contribution in [2.24, 2.45) is 0 Å². The number of carbonyl (C=O) groups excluding carboxylic acids is 1. The van der Waals surface area contributed by atoms with Gasteiger partial charge in [-0.3, -0.25) is 4.79 Å². The van der Waals surface area contributed by atoms with E-state index in [0.29, 0.717) is 0 Å². The third kappa shape index (κ3) is 2.37. The smallest absolute Gasteiger partial charge is 0.341 e. The van der Waals surface area contributed by atoms with E-state index in [-0.39, 0.29) is 0 Å². The van der Waals surface area contributed by atoms with E-state index in [4.69, 9.17) is 28.3 Å². The molecular formula is C5H4Cl2O3. The molecule has 5 heteroatoms. The van der Waals surface area contributed by atoms with Gasteiger partial charge in [-0.05, 0) is 6.92 Å². The molecule has 0 heterocycles. The SMILES string of the molecule is CC(=O)C(C(=O)O)=C(Cl)Cl. The van der Waals surface area contributed by atoms with Crippen LogP contribution < -0.4 is 0 Å². The fourth-order valence-corrected chi connectivity index (χ4v) is 0.792. The van der Waals surface area contributed by atoms with Gasteiger partial charge in [0.25, 0.3) is 0 Å². The molecule has 0 amide bonds. The molecular weight excluding hydrogens is 179 g/mol. The van der Waals surface area contributed by atoms with Gasteiger partial charge in [0.05, 0.1) is 0 Å². The highest BCUT2D eigenvalue weighted by Crippen LogP contribution is 2.14. The highest BCUT2D eigenvalue weighted by molar-refractivity contribution is 6.59. The first-order valence-electron chi connectivity index (χ1n) is 2.26. The van der Waals surface area contributed by atoms with Crippen LogP contribution in [-0.2, 0) is 9.59 Å². The first-order valence-corrected chi connectivity index (χ1v) is 3.02. The summed E-state index contributed by atoms with van der Waals surface area (Å²) in [7, 11) is 0. The van der Waals surface area contributed by atoms with Gasteiger partial charge >= 0.3 is 5.97 Å². The summed E-state index contributed by atoms with van der Waals surface area (Å²) in [5.41, 5.74) is -0.580. The Hall–Kier alpha value is -0.540. The number of ketones is 1. The van der Waals surface area contributed by atoms with Crippen molar-refractivity contribution in [3.8, 4) is 0 Å². The Balaban J connectivity index is 4.79. The lowest BCUT2D eigenvalue weighted by atomic mass is 10.2. The molecule has 0 bridgehead atoms. The number of hydrogen-bond donors (Lipinski definition) is 1. The molecule has 0 aromatic heterocycles. The summed E-state index contributed by atoms with van der Waals surface area (Å²) in [4.78, 5) is 20.6. The first kappa shape index (κ1) is 9.46. The Morgan fingerprint density at radius 3 is 1.70 bits per heavy atom. The second-order valence-corrected chi connectivity index (χ2v) is 2.45. The maximum atomic E-state index is 10.4. The van der Waals surface area contributed by atoms with Crippen LogP contribution in [0.15, 0.2) is 10.1 Å². The zero-order valence-corrected chi connectivity index (χ0v) is 6.53. The van der Waals surface area contributed by atoms with Crippen LogP contribution in [0, 0.1) is 0 Å². The summed E-state index contributed by atoms with van der Waals surface area (Å²) in [5, 5.41) is 8.27. The summed E-state index contributed by atoms with van der Waals surface area (Å²) in [6, 6.07) is 0. The summed E-state index contributed by atoms with van der Waals surface area (Å²) in [6.07, 6.45) is 0. The lowest BCUT2D eigenvalue weighted by Crippen LogP contribution is -2.09. The van der Waals surface area contributed by atoms with Crippen LogP contribution in [0.5, 0.6) is 0 Å². The quantitative estimate of drug-likeness (QED) is 0.399. The van der Waals surface area contributed by atoms with E-state index in [1.165, 1.54) is 0 Å². The Morgan fingerprint density at radius 1 is 1.30 bits per heavy atom. The van der Waals surface area contributed by atoms with Gasteiger partial charge in [0, 0.05) is 0 Å². The average Bonchev–Trinajstić information content (AvgIpc) is 1.59. The molecule has 0 fully saturated rings. The van der Waals surface area contributed by atoms with Crippen molar-refractivity contribution < 1.29 is 14.7 Å². The van der Waals surface area contributed by atoms with Crippen LogP contribution in [0.1, 0.15) is 6.92 Å². The molecule has 0 aromatic rings. The van der Waals surface area contributed by atoms with Gasteiger partial charge in [0.2, 0.25) is 0 Å². The minimum Gasteiger partial charge on any atom is -0.477 e. The minimum atomic E-state index is -1.41. The van der Waals surface area contributed by atoms with Crippen LogP contribution in [0.25, 0.3) is 0 Å². The highest BCUT2D eigenvalue weighted by atomic mass is 35.5. The largest absolute Gasteiger partial charge is 0.477 e. The molecule has 0 unspecified atom stereocenters. The normalized spacial score (nSPS) is 8.70. The highest BCUT2D eigenvalue weighted by Gasteiger charge is 2.16. The van der Waals surface area contributed by atoms with Crippen LogP contribution in [0.4, 0.5) is 0 Å². The number of aliphatic carboxylic acids is 1.